The number of nitrogens with zero attached hydrogens (tertiary/aromatic N) is 1. The highest BCUT2D eigenvalue weighted by Gasteiger charge is 2.25. The number of amides is 1. The molecule has 0 aliphatic heterocycles. The zero-order valence-electron chi connectivity index (χ0n) is 14.8. The Balaban J connectivity index is 1.90. The molecule has 1 fully saturated rings. The maximum absolute atomic E-state index is 11.7. The van der Waals surface area contributed by atoms with Gasteiger partial charge in [0, 0.05) is 6.04 Å². The highest BCUT2D eigenvalue weighted by molar-refractivity contribution is 5.83. The third-order valence-corrected chi connectivity index (χ3v) is 4.20. The second kappa shape index (κ2) is 7.20. The van der Waals surface area contributed by atoms with Gasteiger partial charge in [-0.25, -0.2) is 9.78 Å². The van der Waals surface area contributed by atoms with E-state index in [2.05, 4.69) is 29.5 Å². The summed E-state index contributed by atoms with van der Waals surface area (Å²) in [5.41, 5.74) is 0.477. The van der Waals surface area contributed by atoms with Crippen molar-refractivity contribution < 1.29 is 9.53 Å². The number of hydrogen-bond acceptors (Lipinski definition) is 4. The first-order valence-electron chi connectivity index (χ1n) is 8.45. The van der Waals surface area contributed by atoms with E-state index in [0.29, 0.717) is 17.8 Å². The van der Waals surface area contributed by atoms with Gasteiger partial charge in [0.05, 0.1) is 11.9 Å². The second-order valence-electron chi connectivity index (χ2n) is 7.71. The van der Waals surface area contributed by atoms with Gasteiger partial charge in [0.2, 0.25) is 0 Å². The van der Waals surface area contributed by atoms with E-state index in [-0.39, 0.29) is 0 Å². The van der Waals surface area contributed by atoms with Crippen molar-refractivity contribution in [2.45, 2.75) is 65.5 Å². The molecule has 5 nitrogen and oxygen atoms in total. The third kappa shape index (κ3) is 5.73. The third-order valence-electron chi connectivity index (χ3n) is 4.20. The highest BCUT2D eigenvalue weighted by Crippen LogP contribution is 2.30. The standard InChI is InChI=1S/C18H29N3O2/c1-12-6-7-13(2)15(10-12)20-14-8-9-16(19-11-14)21-17(22)23-18(3,4)5/h8-9,11-13,15,20H,6-7,10H2,1-5H3,(H,19,21,22). The van der Waals surface area contributed by atoms with Crippen molar-refractivity contribution in [2.75, 3.05) is 10.6 Å². The molecular formula is C18H29N3O2. The van der Waals surface area contributed by atoms with Crippen LogP contribution in [0.1, 0.15) is 53.9 Å². The van der Waals surface area contributed by atoms with Crippen LogP contribution in [0.15, 0.2) is 18.3 Å². The number of carbonyl (C=O) groups is 1. The fourth-order valence-electron chi connectivity index (χ4n) is 2.91. The molecule has 1 aromatic rings. The summed E-state index contributed by atoms with van der Waals surface area (Å²) in [6, 6.07) is 4.24. The predicted molar refractivity (Wildman–Crippen MR) is 93.7 cm³/mol. The minimum atomic E-state index is -0.514. The number of pyridine rings is 1. The Morgan fingerprint density at radius 1 is 1.26 bits per heavy atom. The zero-order valence-corrected chi connectivity index (χ0v) is 14.8. The molecule has 1 aromatic heterocycles. The summed E-state index contributed by atoms with van der Waals surface area (Å²) >= 11 is 0. The number of ether oxygens (including phenoxy) is 1. The zero-order chi connectivity index (χ0) is 17.0. The molecule has 0 aromatic carbocycles. The molecule has 2 N–H and O–H groups in total. The van der Waals surface area contributed by atoms with Gasteiger partial charge in [0.1, 0.15) is 11.4 Å². The van der Waals surface area contributed by atoms with E-state index in [1.807, 2.05) is 26.8 Å². The smallest absolute Gasteiger partial charge is 0.413 e. The second-order valence-corrected chi connectivity index (χ2v) is 7.71. The fraction of sp³-hybridized carbons (Fsp3) is 0.667. The first-order valence-corrected chi connectivity index (χ1v) is 8.45. The maximum atomic E-state index is 11.7. The summed E-state index contributed by atoms with van der Waals surface area (Å²) in [4.78, 5) is 16.0. The summed E-state index contributed by atoms with van der Waals surface area (Å²) in [6.45, 7) is 10.1. The number of hydrogen-bond donors (Lipinski definition) is 2. The lowest BCUT2D eigenvalue weighted by Gasteiger charge is -2.33. The Kier molecular flexibility index (Phi) is 5.50. The summed E-state index contributed by atoms with van der Waals surface area (Å²) in [7, 11) is 0. The van der Waals surface area contributed by atoms with Crippen molar-refractivity contribution in [1.82, 2.24) is 4.98 Å². The van der Waals surface area contributed by atoms with Gasteiger partial charge in [0.15, 0.2) is 0 Å². The Bertz CT molecular complexity index is 522. The van der Waals surface area contributed by atoms with Crippen LogP contribution in [0, 0.1) is 11.8 Å². The molecule has 128 valence electrons. The van der Waals surface area contributed by atoms with Gasteiger partial charge in [-0.05, 0) is 57.6 Å². The molecule has 0 bridgehead atoms. The molecule has 1 saturated carbocycles. The number of nitrogens with one attached hydrogen (secondary N) is 2. The first-order chi connectivity index (χ1) is 10.7. The molecule has 1 aliphatic carbocycles. The molecule has 3 atom stereocenters. The van der Waals surface area contributed by atoms with Crippen molar-refractivity contribution in [1.29, 1.82) is 0 Å². The Labute approximate surface area is 139 Å². The van der Waals surface area contributed by atoms with Crippen LogP contribution in [0.2, 0.25) is 0 Å². The molecule has 1 amide bonds. The number of carbonyl (C=O) groups excluding carboxylic acids is 1. The highest BCUT2D eigenvalue weighted by atomic mass is 16.6. The molecule has 0 spiro atoms. The minimum Gasteiger partial charge on any atom is -0.444 e. The van der Waals surface area contributed by atoms with Gasteiger partial charge in [-0.3, -0.25) is 5.32 Å². The van der Waals surface area contributed by atoms with Crippen molar-refractivity contribution in [2.24, 2.45) is 11.8 Å². The number of rotatable bonds is 3. The molecule has 5 heteroatoms. The summed E-state index contributed by atoms with van der Waals surface area (Å²) in [5.74, 6) is 1.94. The fourth-order valence-corrected chi connectivity index (χ4v) is 2.91. The summed E-state index contributed by atoms with van der Waals surface area (Å²) < 4.78 is 5.21. The van der Waals surface area contributed by atoms with E-state index in [4.69, 9.17) is 4.74 Å². The monoisotopic (exact) mass is 319 g/mol. The molecule has 1 heterocycles. The molecule has 2 rings (SSSR count). The van der Waals surface area contributed by atoms with E-state index in [9.17, 15) is 4.79 Å². The van der Waals surface area contributed by atoms with Crippen LogP contribution in [0.4, 0.5) is 16.3 Å². The molecule has 1 aliphatic rings. The number of aromatic nitrogens is 1. The van der Waals surface area contributed by atoms with Crippen molar-refractivity contribution >= 4 is 17.6 Å². The van der Waals surface area contributed by atoms with Gasteiger partial charge in [-0.2, -0.15) is 0 Å². The Hall–Kier alpha value is -1.78. The molecular weight excluding hydrogens is 290 g/mol. The van der Waals surface area contributed by atoms with E-state index in [0.717, 1.165) is 11.6 Å². The average molecular weight is 319 g/mol. The van der Waals surface area contributed by atoms with Crippen LogP contribution in [-0.4, -0.2) is 22.7 Å². The molecule has 0 radical (unpaired) electrons. The van der Waals surface area contributed by atoms with Crippen molar-refractivity contribution in [3.63, 3.8) is 0 Å². The lowest BCUT2D eigenvalue weighted by atomic mass is 9.80. The van der Waals surface area contributed by atoms with Gasteiger partial charge >= 0.3 is 6.09 Å². The van der Waals surface area contributed by atoms with Crippen LogP contribution >= 0.6 is 0 Å². The molecule has 3 unspecified atom stereocenters. The van der Waals surface area contributed by atoms with Crippen molar-refractivity contribution in [3.05, 3.63) is 18.3 Å². The summed E-state index contributed by atoms with van der Waals surface area (Å²) in [5, 5.41) is 6.22. The topological polar surface area (TPSA) is 63.2 Å². The SMILES string of the molecule is CC1CCC(C)C(Nc2ccc(NC(=O)OC(C)(C)C)nc2)C1. The van der Waals surface area contributed by atoms with Gasteiger partial charge in [0.25, 0.3) is 0 Å². The minimum absolute atomic E-state index is 0.486. The lowest BCUT2D eigenvalue weighted by Crippen LogP contribution is -2.33. The van der Waals surface area contributed by atoms with E-state index < -0.39 is 11.7 Å². The van der Waals surface area contributed by atoms with E-state index in [1.165, 1.54) is 19.3 Å². The van der Waals surface area contributed by atoms with Crippen molar-refractivity contribution in [3.8, 4) is 0 Å². The van der Waals surface area contributed by atoms with Crippen LogP contribution in [0.25, 0.3) is 0 Å². The number of anilines is 2. The normalized spacial score (nSPS) is 24.8. The Morgan fingerprint density at radius 2 is 2.00 bits per heavy atom. The van der Waals surface area contributed by atoms with Gasteiger partial charge < -0.3 is 10.1 Å². The van der Waals surface area contributed by atoms with Crippen LogP contribution in [0.5, 0.6) is 0 Å². The van der Waals surface area contributed by atoms with Crippen LogP contribution < -0.4 is 10.6 Å². The molecule has 0 saturated heterocycles. The lowest BCUT2D eigenvalue weighted by molar-refractivity contribution is 0.0635. The van der Waals surface area contributed by atoms with Crippen LogP contribution in [-0.2, 0) is 4.74 Å². The largest absolute Gasteiger partial charge is 0.444 e. The van der Waals surface area contributed by atoms with E-state index >= 15 is 0 Å². The first kappa shape index (κ1) is 17.6. The Morgan fingerprint density at radius 3 is 2.61 bits per heavy atom. The van der Waals surface area contributed by atoms with Gasteiger partial charge in [-0.1, -0.05) is 20.3 Å². The van der Waals surface area contributed by atoms with Gasteiger partial charge in [-0.15, -0.1) is 0 Å². The maximum Gasteiger partial charge on any atom is 0.413 e. The summed E-state index contributed by atoms with van der Waals surface area (Å²) in [6.07, 6.45) is 5.05. The van der Waals surface area contributed by atoms with Crippen LogP contribution in [0.3, 0.4) is 0 Å². The average Bonchev–Trinajstić information content (AvgIpc) is 2.43. The molecule has 23 heavy (non-hydrogen) atoms. The van der Waals surface area contributed by atoms with E-state index in [1.54, 1.807) is 12.3 Å². The quantitative estimate of drug-likeness (QED) is 0.850. The predicted octanol–water partition coefficient (Wildman–Crippen LogP) is 4.67.